The minimum absolute atomic E-state index is 0.224. The van der Waals surface area contributed by atoms with Gasteiger partial charge >= 0.3 is 0 Å². The van der Waals surface area contributed by atoms with E-state index in [9.17, 15) is 0 Å². The third-order valence-electron chi connectivity index (χ3n) is 5.13. The van der Waals surface area contributed by atoms with Crippen molar-refractivity contribution in [1.82, 2.24) is 4.90 Å². The topological polar surface area (TPSA) is 38.5 Å². The summed E-state index contributed by atoms with van der Waals surface area (Å²) in [6.45, 7) is 8.45. The average Bonchev–Trinajstić information content (AvgIpc) is 2.93. The molecular weight excluding hydrogens is 236 g/mol. The second-order valence-corrected chi connectivity index (χ2v) is 6.86. The van der Waals surface area contributed by atoms with Gasteiger partial charge < -0.3 is 10.5 Å². The largest absolute Gasteiger partial charge is 0.381 e. The summed E-state index contributed by atoms with van der Waals surface area (Å²) in [4.78, 5) is 2.79. The van der Waals surface area contributed by atoms with Crippen molar-refractivity contribution in [1.29, 1.82) is 0 Å². The third-order valence-corrected chi connectivity index (χ3v) is 5.13. The van der Waals surface area contributed by atoms with Crippen LogP contribution in [0, 0.1) is 5.92 Å². The zero-order chi connectivity index (χ0) is 13.7. The van der Waals surface area contributed by atoms with Gasteiger partial charge in [-0.3, -0.25) is 4.90 Å². The van der Waals surface area contributed by atoms with Crippen LogP contribution in [0.3, 0.4) is 0 Å². The van der Waals surface area contributed by atoms with Crippen molar-refractivity contribution in [2.24, 2.45) is 11.7 Å². The molecule has 2 fully saturated rings. The van der Waals surface area contributed by atoms with Gasteiger partial charge in [-0.1, -0.05) is 26.7 Å². The first-order chi connectivity index (χ1) is 9.18. The molecule has 0 bridgehead atoms. The summed E-state index contributed by atoms with van der Waals surface area (Å²) in [5.41, 5.74) is 6.44. The fourth-order valence-corrected chi connectivity index (χ4v) is 3.78. The fraction of sp³-hybridized carbons (Fsp3) is 1.00. The molecule has 3 heteroatoms. The van der Waals surface area contributed by atoms with Crippen LogP contribution >= 0.6 is 0 Å². The molecule has 2 aliphatic rings. The van der Waals surface area contributed by atoms with Gasteiger partial charge in [0, 0.05) is 31.3 Å². The molecule has 1 saturated heterocycles. The highest BCUT2D eigenvalue weighted by molar-refractivity contribution is 4.97. The smallest absolute Gasteiger partial charge is 0.0484 e. The SMILES string of the molecule is CC(C)CCN(C1CCCC1)C1(CN)CCOCC1. The zero-order valence-corrected chi connectivity index (χ0v) is 12.9. The molecule has 1 heterocycles. The molecule has 3 nitrogen and oxygen atoms in total. The van der Waals surface area contributed by atoms with E-state index in [0.29, 0.717) is 0 Å². The van der Waals surface area contributed by atoms with E-state index in [1.807, 2.05) is 0 Å². The molecule has 0 spiro atoms. The number of rotatable bonds is 6. The van der Waals surface area contributed by atoms with Gasteiger partial charge in [0.15, 0.2) is 0 Å². The van der Waals surface area contributed by atoms with Gasteiger partial charge in [-0.25, -0.2) is 0 Å². The van der Waals surface area contributed by atoms with Gasteiger partial charge in [0.25, 0.3) is 0 Å². The van der Waals surface area contributed by atoms with E-state index in [-0.39, 0.29) is 5.54 Å². The number of hydrogen-bond donors (Lipinski definition) is 1. The summed E-state index contributed by atoms with van der Waals surface area (Å²) >= 11 is 0. The number of nitrogens with zero attached hydrogens (tertiary/aromatic N) is 1. The van der Waals surface area contributed by atoms with Gasteiger partial charge in [-0.15, -0.1) is 0 Å². The molecule has 2 N–H and O–H groups in total. The molecule has 0 aromatic rings. The van der Waals surface area contributed by atoms with E-state index in [1.54, 1.807) is 0 Å². The lowest BCUT2D eigenvalue weighted by Crippen LogP contribution is -2.60. The van der Waals surface area contributed by atoms with Crippen LogP contribution in [0.25, 0.3) is 0 Å². The third kappa shape index (κ3) is 3.71. The maximum absolute atomic E-state index is 6.22. The molecule has 19 heavy (non-hydrogen) atoms. The second kappa shape index (κ2) is 7.05. The van der Waals surface area contributed by atoms with Gasteiger partial charge in [0.1, 0.15) is 0 Å². The fourth-order valence-electron chi connectivity index (χ4n) is 3.78. The quantitative estimate of drug-likeness (QED) is 0.805. The predicted molar refractivity (Wildman–Crippen MR) is 80.3 cm³/mol. The van der Waals surface area contributed by atoms with Crippen LogP contribution in [-0.2, 0) is 4.74 Å². The van der Waals surface area contributed by atoms with Crippen LogP contribution < -0.4 is 5.73 Å². The Kier molecular flexibility index (Phi) is 5.67. The van der Waals surface area contributed by atoms with Crippen molar-refractivity contribution in [3.05, 3.63) is 0 Å². The molecule has 1 aliphatic carbocycles. The highest BCUT2D eigenvalue weighted by Gasteiger charge is 2.41. The van der Waals surface area contributed by atoms with Crippen LogP contribution in [0.15, 0.2) is 0 Å². The van der Waals surface area contributed by atoms with E-state index in [0.717, 1.165) is 44.6 Å². The Labute approximate surface area is 118 Å². The van der Waals surface area contributed by atoms with Crippen LogP contribution in [0.5, 0.6) is 0 Å². The number of nitrogens with two attached hydrogens (primary N) is 1. The van der Waals surface area contributed by atoms with E-state index in [4.69, 9.17) is 10.5 Å². The monoisotopic (exact) mass is 268 g/mol. The summed E-state index contributed by atoms with van der Waals surface area (Å²) in [6, 6.07) is 0.778. The second-order valence-electron chi connectivity index (χ2n) is 6.86. The van der Waals surface area contributed by atoms with Crippen molar-refractivity contribution < 1.29 is 4.74 Å². The van der Waals surface area contributed by atoms with E-state index in [1.165, 1.54) is 38.6 Å². The first-order valence-electron chi connectivity index (χ1n) is 8.22. The Morgan fingerprint density at radius 1 is 1.21 bits per heavy atom. The highest BCUT2D eigenvalue weighted by Crippen LogP contribution is 2.35. The lowest BCUT2D eigenvalue weighted by molar-refractivity contribution is -0.0445. The average molecular weight is 268 g/mol. The Balaban J connectivity index is 2.08. The van der Waals surface area contributed by atoms with Crippen LogP contribution in [0.4, 0.5) is 0 Å². The van der Waals surface area contributed by atoms with Crippen LogP contribution in [0.1, 0.15) is 58.8 Å². The highest BCUT2D eigenvalue weighted by atomic mass is 16.5. The summed E-state index contributed by atoms with van der Waals surface area (Å²) in [7, 11) is 0. The summed E-state index contributed by atoms with van der Waals surface area (Å²) in [6.07, 6.45) is 9.09. The first kappa shape index (κ1) is 15.3. The molecule has 1 aliphatic heterocycles. The molecule has 0 aromatic carbocycles. The molecule has 0 amide bonds. The Hall–Kier alpha value is -0.120. The Bertz CT molecular complexity index is 255. The predicted octanol–water partition coefficient (Wildman–Crippen LogP) is 2.79. The molecule has 112 valence electrons. The van der Waals surface area contributed by atoms with Crippen LogP contribution in [-0.4, -0.2) is 42.8 Å². The summed E-state index contributed by atoms with van der Waals surface area (Å²) in [5, 5.41) is 0. The van der Waals surface area contributed by atoms with Crippen molar-refractivity contribution in [2.75, 3.05) is 26.3 Å². The lowest BCUT2D eigenvalue weighted by Gasteiger charge is -2.49. The molecule has 2 rings (SSSR count). The minimum Gasteiger partial charge on any atom is -0.381 e. The molecular formula is C16H32N2O. The zero-order valence-electron chi connectivity index (χ0n) is 12.9. The van der Waals surface area contributed by atoms with Gasteiger partial charge in [0.2, 0.25) is 0 Å². The standard InChI is InChI=1S/C16H32N2O/c1-14(2)7-10-18(15-5-3-4-6-15)16(13-17)8-11-19-12-9-16/h14-15H,3-13,17H2,1-2H3. The Morgan fingerprint density at radius 3 is 2.37 bits per heavy atom. The summed E-state index contributed by atoms with van der Waals surface area (Å²) < 4.78 is 5.58. The van der Waals surface area contributed by atoms with Gasteiger partial charge in [-0.2, -0.15) is 0 Å². The van der Waals surface area contributed by atoms with E-state index >= 15 is 0 Å². The first-order valence-corrected chi connectivity index (χ1v) is 8.22. The van der Waals surface area contributed by atoms with Crippen molar-refractivity contribution >= 4 is 0 Å². The maximum atomic E-state index is 6.22. The lowest BCUT2D eigenvalue weighted by atomic mass is 9.85. The maximum Gasteiger partial charge on any atom is 0.0484 e. The van der Waals surface area contributed by atoms with Crippen LogP contribution in [0.2, 0.25) is 0 Å². The Morgan fingerprint density at radius 2 is 1.84 bits per heavy atom. The number of ether oxygens (including phenoxy) is 1. The normalized spacial score (nSPS) is 24.5. The molecule has 0 atom stereocenters. The van der Waals surface area contributed by atoms with Gasteiger partial charge in [0.05, 0.1) is 0 Å². The van der Waals surface area contributed by atoms with Crippen molar-refractivity contribution in [3.8, 4) is 0 Å². The molecule has 0 unspecified atom stereocenters. The number of hydrogen-bond acceptors (Lipinski definition) is 3. The van der Waals surface area contributed by atoms with E-state index in [2.05, 4.69) is 18.7 Å². The molecule has 0 aromatic heterocycles. The summed E-state index contributed by atoms with van der Waals surface area (Å²) in [5.74, 6) is 0.776. The molecule has 1 saturated carbocycles. The van der Waals surface area contributed by atoms with Crippen molar-refractivity contribution in [2.45, 2.75) is 70.4 Å². The minimum atomic E-state index is 0.224. The van der Waals surface area contributed by atoms with Crippen molar-refractivity contribution in [3.63, 3.8) is 0 Å². The van der Waals surface area contributed by atoms with Gasteiger partial charge in [-0.05, 0) is 44.6 Å². The van der Waals surface area contributed by atoms with E-state index < -0.39 is 0 Å². The molecule has 0 radical (unpaired) electrons.